The second-order valence-corrected chi connectivity index (χ2v) is 4.85. The smallest absolute Gasteiger partial charge is 0.158 e. The molecule has 16 heavy (non-hydrogen) atoms. The topological polar surface area (TPSA) is 43.8 Å². The van der Waals surface area contributed by atoms with Crippen LogP contribution in [0, 0.1) is 0 Å². The Hall–Kier alpha value is -1.06. The van der Waals surface area contributed by atoms with E-state index in [1.165, 1.54) is 5.56 Å². The minimum absolute atomic E-state index is 0.0937. The molecule has 2 N–H and O–H groups in total. The molecule has 0 amide bonds. The third-order valence-corrected chi connectivity index (χ3v) is 3.65. The van der Waals surface area contributed by atoms with Crippen LogP contribution in [0.4, 0.5) is 0 Å². The van der Waals surface area contributed by atoms with E-state index in [1.54, 1.807) is 0 Å². The van der Waals surface area contributed by atoms with Crippen molar-refractivity contribution in [1.82, 2.24) is 9.78 Å². The molecule has 2 aromatic rings. The number of benzene rings is 1. The fourth-order valence-electron chi connectivity index (χ4n) is 2.11. The highest BCUT2D eigenvalue weighted by Crippen LogP contribution is 2.43. The van der Waals surface area contributed by atoms with Gasteiger partial charge in [0.2, 0.25) is 0 Å². The van der Waals surface area contributed by atoms with Crippen LogP contribution in [0.1, 0.15) is 25.3 Å². The van der Waals surface area contributed by atoms with E-state index in [0.717, 1.165) is 30.3 Å². The second kappa shape index (κ2) is 3.22. The molecule has 3 nitrogen and oxygen atoms in total. The zero-order chi connectivity index (χ0) is 11.3. The number of hydrogen-bond donors (Lipinski definition) is 1. The summed E-state index contributed by atoms with van der Waals surface area (Å²) >= 11 is 6.08. The van der Waals surface area contributed by atoms with Gasteiger partial charge in [0, 0.05) is 17.5 Å². The minimum Gasteiger partial charge on any atom is -0.321 e. The molecule has 0 aliphatic heterocycles. The Morgan fingerprint density at radius 1 is 1.50 bits per heavy atom. The van der Waals surface area contributed by atoms with Crippen molar-refractivity contribution >= 4 is 22.5 Å². The fourth-order valence-corrected chi connectivity index (χ4v) is 2.36. The van der Waals surface area contributed by atoms with Gasteiger partial charge in [-0.05, 0) is 37.5 Å². The quantitative estimate of drug-likeness (QED) is 0.870. The van der Waals surface area contributed by atoms with E-state index in [4.69, 9.17) is 17.3 Å². The Labute approximate surface area is 99.2 Å². The highest BCUT2D eigenvalue weighted by molar-refractivity contribution is 6.34. The van der Waals surface area contributed by atoms with E-state index in [9.17, 15) is 0 Å². The first-order chi connectivity index (χ1) is 7.64. The van der Waals surface area contributed by atoms with Crippen molar-refractivity contribution in [3.05, 3.63) is 28.9 Å². The minimum atomic E-state index is -0.0937. The van der Waals surface area contributed by atoms with Crippen molar-refractivity contribution in [2.45, 2.75) is 31.8 Å². The summed E-state index contributed by atoms with van der Waals surface area (Å²) in [6, 6.07) is 6.23. The molecular formula is C12H14ClN3. The first kappa shape index (κ1) is 10.1. The summed E-state index contributed by atoms with van der Waals surface area (Å²) < 4.78 is 1.92. The monoisotopic (exact) mass is 235 g/mol. The Balaban J connectivity index is 2.23. The standard InChI is InChI=1S/C12H14ClN3/c1-2-16-10-7-8(12(14)5-6-12)3-4-9(10)11(13)15-16/h3-4,7H,2,5-6,14H2,1H3. The lowest BCUT2D eigenvalue weighted by Gasteiger charge is -2.09. The number of nitrogens with two attached hydrogens (primary N) is 1. The van der Waals surface area contributed by atoms with Crippen LogP contribution in [-0.4, -0.2) is 9.78 Å². The predicted molar refractivity (Wildman–Crippen MR) is 65.5 cm³/mol. The van der Waals surface area contributed by atoms with E-state index in [-0.39, 0.29) is 5.54 Å². The molecule has 1 aliphatic rings. The summed E-state index contributed by atoms with van der Waals surface area (Å²) in [5, 5.41) is 5.88. The molecule has 84 valence electrons. The Morgan fingerprint density at radius 3 is 2.88 bits per heavy atom. The number of rotatable bonds is 2. The lowest BCUT2D eigenvalue weighted by molar-refractivity contribution is 0.681. The normalized spacial score (nSPS) is 17.9. The summed E-state index contributed by atoms with van der Waals surface area (Å²) in [6.07, 6.45) is 2.15. The first-order valence-electron chi connectivity index (χ1n) is 5.59. The summed E-state index contributed by atoms with van der Waals surface area (Å²) in [4.78, 5) is 0. The van der Waals surface area contributed by atoms with Crippen LogP contribution < -0.4 is 5.73 Å². The van der Waals surface area contributed by atoms with Gasteiger partial charge in [0.05, 0.1) is 5.52 Å². The Kier molecular flexibility index (Phi) is 2.03. The third kappa shape index (κ3) is 1.35. The van der Waals surface area contributed by atoms with Crippen LogP contribution in [-0.2, 0) is 12.1 Å². The van der Waals surface area contributed by atoms with Gasteiger partial charge >= 0.3 is 0 Å². The average Bonchev–Trinajstić information content (AvgIpc) is 2.96. The lowest BCUT2D eigenvalue weighted by atomic mass is 10.0. The average molecular weight is 236 g/mol. The second-order valence-electron chi connectivity index (χ2n) is 4.49. The summed E-state index contributed by atoms with van der Waals surface area (Å²) in [7, 11) is 0. The maximum atomic E-state index is 6.19. The van der Waals surface area contributed by atoms with Gasteiger partial charge in [0.15, 0.2) is 5.15 Å². The van der Waals surface area contributed by atoms with Gasteiger partial charge < -0.3 is 5.73 Å². The van der Waals surface area contributed by atoms with Crippen molar-refractivity contribution in [2.24, 2.45) is 5.73 Å². The van der Waals surface area contributed by atoms with Crippen LogP contribution in [0.25, 0.3) is 10.9 Å². The molecule has 1 heterocycles. The summed E-state index contributed by atoms with van der Waals surface area (Å²) in [6.45, 7) is 2.88. The predicted octanol–water partition coefficient (Wildman–Crippen LogP) is 2.66. The van der Waals surface area contributed by atoms with Gasteiger partial charge in [0.1, 0.15) is 0 Å². The molecule has 0 saturated heterocycles. The van der Waals surface area contributed by atoms with Crippen molar-refractivity contribution in [3.63, 3.8) is 0 Å². The van der Waals surface area contributed by atoms with E-state index in [2.05, 4.69) is 24.2 Å². The van der Waals surface area contributed by atoms with Gasteiger partial charge in [-0.2, -0.15) is 5.10 Å². The van der Waals surface area contributed by atoms with Crippen molar-refractivity contribution in [3.8, 4) is 0 Å². The number of halogens is 1. The van der Waals surface area contributed by atoms with Gasteiger partial charge in [-0.3, -0.25) is 4.68 Å². The van der Waals surface area contributed by atoms with Crippen LogP contribution >= 0.6 is 11.6 Å². The summed E-state index contributed by atoms with van der Waals surface area (Å²) in [5.41, 5.74) is 8.39. The number of fused-ring (bicyclic) bond motifs is 1. The number of aryl methyl sites for hydroxylation is 1. The molecule has 0 bridgehead atoms. The van der Waals surface area contributed by atoms with Crippen molar-refractivity contribution in [2.75, 3.05) is 0 Å². The molecule has 1 fully saturated rings. The van der Waals surface area contributed by atoms with Gasteiger partial charge in [0.25, 0.3) is 0 Å². The molecule has 1 aromatic heterocycles. The number of hydrogen-bond acceptors (Lipinski definition) is 2. The molecule has 0 spiro atoms. The fraction of sp³-hybridized carbons (Fsp3) is 0.417. The Morgan fingerprint density at radius 2 is 2.25 bits per heavy atom. The molecule has 1 aliphatic carbocycles. The maximum Gasteiger partial charge on any atom is 0.158 e. The molecule has 1 aromatic carbocycles. The number of nitrogens with zero attached hydrogens (tertiary/aromatic N) is 2. The summed E-state index contributed by atoms with van der Waals surface area (Å²) in [5.74, 6) is 0. The Bertz CT molecular complexity index is 555. The van der Waals surface area contributed by atoms with Crippen LogP contribution in [0.3, 0.4) is 0 Å². The van der Waals surface area contributed by atoms with Crippen molar-refractivity contribution < 1.29 is 0 Å². The molecule has 0 unspecified atom stereocenters. The van der Waals surface area contributed by atoms with E-state index >= 15 is 0 Å². The maximum absolute atomic E-state index is 6.19. The highest BCUT2D eigenvalue weighted by atomic mass is 35.5. The van der Waals surface area contributed by atoms with Crippen LogP contribution in [0.2, 0.25) is 5.15 Å². The highest BCUT2D eigenvalue weighted by Gasteiger charge is 2.40. The molecule has 0 atom stereocenters. The number of aromatic nitrogens is 2. The van der Waals surface area contributed by atoms with E-state index < -0.39 is 0 Å². The molecule has 3 rings (SSSR count). The van der Waals surface area contributed by atoms with Gasteiger partial charge in [-0.15, -0.1) is 0 Å². The molecule has 0 radical (unpaired) electrons. The molecule has 1 saturated carbocycles. The van der Waals surface area contributed by atoms with Crippen LogP contribution in [0.5, 0.6) is 0 Å². The van der Waals surface area contributed by atoms with Gasteiger partial charge in [-0.25, -0.2) is 0 Å². The van der Waals surface area contributed by atoms with Crippen molar-refractivity contribution in [1.29, 1.82) is 0 Å². The largest absolute Gasteiger partial charge is 0.321 e. The lowest BCUT2D eigenvalue weighted by Crippen LogP contribution is -2.18. The van der Waals surface area contributed by atoms with Crippen LogP contribution in [0.15, 0.2) is 18.2 Å². The first-order valence-corrected chi connectivity index (χ1v) is 5.97. The zero-order valence-electron chi connectivity index (χ0n) is 9.20. The zero-order valence-corrected chi connectivity index (χ0v) is 9.96. The molecule has 4 heteroatoms. The SMILES string of the molecule is CCn1nc(Cl)c2ccc(C3(N)CC3)cc21. The molecular weight excluding hydrogens is 222 g/mol. The van der Waals surface area contributed by atoms with E-state index in [0.29, 0.717) is 5.15 Å². The van der Waals surface area contributed by atoms with Gasteiger partial charge in [-0.1, -0.05) is 17.7 Å². The van der Waals surface area contributed by atoms with E-state index in [1.807, 2.05) is 10.7 Å². The third-order valence-electron chi connectivity index (χ3n) is 3.37.